The number of nitrogens with two attached hydrogens (primary N) is 1. The third-order valence-corrected chi connectivity index (χ3v) is 4.65. The molecule has 0 radical (unpaired) electrons. The lowest BCUT2D eigenvalue weighted by Crippen LogP contribution is -2.16. The van der Waals surface area contributed by atoms with Gasteiger partial charge in [-0.2, -0.15) is 0 Å². The number of thiophene rings is 1. The summed E-state index contributed by atoms with van der Waals surface area (Å²) in [5, 5.41) is 3.72. The van der Waals surface area contributed by atoms with Crippen molar-refractivity contribution in [2.24, 2.45) is 5.73 Å². The van der Waals surface area contributed by atoms with Crippen molar-refractivity contribution in [3.05, 3.63) is 56.9 Å². The molecule has 1 heterocycles. The summed E-state index contributed by atoms with van der Waals surface area (Å²) in [4.78, 5) is 24.5. The highest BCUT2D eigenvalue weighted by molar-refractivity contribution is 7.16. The molecule has 3 N–H and O–H groups in total. The Morgan fingerprint density at radius 2 is 1.95 bits per heavy atom. The molecule has 0 saturated carbocycles. The first-order valence-corrected chi connectivity index (χ1v) is 7.73. The fourth-order valence-electron chi connectivity index (χ4n) is 1.94. The standard InChI is InChI=1S/C16H15ClN2O2S/c1-9-10(2)22-16(14(9)15(18)21)19-13(20)8-7-11-5-3-4-6-12(11)17/h3-8H,1-2H3,(H2,18,21)(H,19,20)/b8-7+. The first-order valence-electron chi connectivity index (χ1n) is 6.53. The van der Waals surface area contributed by atoms with Crippen LogP contribution in [0.25, 0.3) is 6.08 Å². The van der Waals surface area contributed by atoms with E-state index in [4.69, 9.17) is 17.3 Å². The molecule has 1 aromatic carbocycles. The van der Waals surface area contributed by atoms with Crippen LogP contribution in [0, 0.1) is 13.8 Å². The van der Waals surface area contributed by atoms with Crippen molar-refractivity contribution >= 4 is 45.8 Å². The third kappa shape index (κ3) is 3.55. The van der Waals surface area contributed by atoms with Crippen molar-refractivity contribution in [2.75, 3.05) is 5.32 Å². The number of carbonyl (C=O) groups is 2. The molecule has 2 amide bonds. The third-order valence-electron chi connectivity index (χ3n) is 3.19. The first kappa shape index (κ1) is 16.3. The van der Waals surface area contributed by atoms with Gasteiger partial charge in [0.2, 0.25) is 5.91 Å². The Balaban J connectivity index is 2.18. The smallest absolute Gasteiger partial charge is 0.251 e. The van der Waals surface area contributed by atoms with Crippen molar-refractivity contribution in [3.8, 4) is 0 Å². The van der Waals surface area contributed by atoms with E-state index >= 15 is 0 Å². The summed E-state index contributed by atoms with van der Waals surface area (Å²) in [5.41, 5.74) is 7.27. The largest absolute Gasteiger partial charge is 0.365 e. The summed E-state index contributed by atoms with van der Waals surface area (Å²) in [7, 11) is 0. The molecule has 4 nitrogen and oxygen atoms in total. The number of amides is 2. The number of nitrogens with one attached hydrogen (secondary N) is 1. The van der Waals surface area contributed by atoms with Crippen LogP contribution in [0.1, 0.15) is 26.4 Å². The van der Waals surface area contributed by atoms with Gasteiger partial charge < -0.3 is 11.1 Å². The van der Waals surface area contributed by atoms with Crippen LogP contribution in [0.2, 0.25) is 5.02 Å². The van der Waals surface area contributed by atoms with Gasteiger partial charge in [0, 0.05) is 16.0 Å². The van der Waals surface area contributed by atoms with Gasteiger partial charge in [-0.05, 0) is 37.1 Å². The molecule has 0 fully saturated rings. The van der Waals surface area contributed by atoms with Crippen LogP contribution in [0.4, 0.5) is 5.00 Å². The summed E-state index contributed by atoms with van der Waals surface area (Å²) >= 11 is 7.35. The molecular formula is C16H15ClN2O2S. The van der Waals surface area contributed by atoms with Gasteiger partial charge in [-0.25, -0.2) is 0 Å². The minimum Gasteiger partial charge on any atom is -0.365 e. The Morgan fingerprint density at radius 3 is 2.59 bits per heavy atom. The predicted molar refractivity (Wildman–Crippen MR) is 91.4 cm³/mol. The zero-order valence-electron chi connectivity index (χ0n) is 12.1. The van der Waals surface area contributed by atoms with E-state index in [1.54, 1.807) is 25.1 Å². The molecule has 0 aliphatic heterocycles. The Morgan fingerprint density at radius 1 is 1.27 bits per heavy atom. The van der Waals surface area contributed by atoms with Crippen LogP contribution in [0.5, 0.6) is 0 Å². The number of carbonyl (C=O) groups excluding carboxylic acids is 2. The van der Waals surface area contributed by atoms with Gasteiger partial charge in [0.1, 0.15) is 5.00 Å². The van der Waals surface area contributed by atoms with E-state index in [1.807, 2.05) is 19.1 Å². The van der Waals surface area contributed by atoms with Gasteiger partial charge in [-0.1, -0.05) is 29.8 Å². The lowest BCUT2D eigenvalue weighted by Gasteiger charge is -2.02. The average Bonchev–Trinajstić information content (AvgIpc) is 2.72. The zero-order valence-corrected chi connectivity index (χ0v) is 13.7. The molecule has 0 bridgehead atoms. The number of benzene rings is 1. The minimum atomic E-state index is -0.549. The number of rotatable bonds is 4. The van der Waals surface area contributed by atoms with E-state index < -0.39 is 5.91 Å². The number of aryl methyl sites for hydroxylation is 1. The number of primary amides is 1. The monoisotopic (exact) mass is 334 g/mol. The molecule has 22 heavy (non-hydrogen) atoms. The minimum absolute atomic E-state index is 0.344. The van der Waals surface area contributed by atoms with Gasteiger partial charge in [-0.15, -0.1) is 11.3 Å². The second-order valence-corrected chi connectivity index (χ2v) is 6.33. The number of anilines is 1. The normalized spacial score (nSPS) is 10.9. The van der Waals surface area contributed by atoms with Crippen LogP contribution in [0.15, 0.2) is 30.3 Å². The first-order chi connectivity index (χ1) is 10.4. The average molecular weight is 335 g/mol. The number of hydrogen-bond donors (Lipinski definition) is 2. The van der Waals surface area contributed by atoms with Crippen molar-refractivity contribution in [1.29, 1.82) is 0 Å². The molecule has 6 heteroatoms. The zero-order chi connectivity index (χ0) is 16.3. The summed E-state index contributed by atoms with van der Waals surface area (Å²) < 4.78 is 0. The van der Waals surface area contributed by atoms with Crippen molar-refractivity contribution < 1.29 is 9.59 Å². The van der Waals surface area contributed by atoms with E-state index in [0.29, 0.717) is 15.6 Å². The Kier molecular flexibility index (Phi) is 5.00. The molecule has 0 aliphatic rings. The van der Waals surface area contributed by atoms with E-state index in [9.17, 15) is 9.59 Å². The molecule has 0 spiro atoms. The Labute approximate surface area is 137 Å². The predicted octanol–water partition coefficient (Wildman–Crippen LogP) is 3.77. The van der Waals surface area contributed by atoms with Crippen LogP contribution in [-0.2, 0) is 4.79 Å². The van der Waals surface area contributed by atoms with Gasteiger partial charge in [-0.3, -0.25) is 9.59 Å². The second-order valence-electron chi connectivity index (χ2n) is 4.70. The highest BCUT2D eigenvalue weighted by atomic mass is 35.5. The van der Waals surface area contributed by atoms with Crippen molar-refractivity contribution in [1.82, 2.24) is 0 Å². The van der Waals surface area contributed by atoms with Crippen LogP contribution in [0.3, 0.4) is 0 Å². The summed E-state index contributed by atoms with van der Waals surface area (Å²) in [6, 6.07) is 7.20. The molecule has 2 aromatic rings. The maximum Gasteiger partial charge on any atom is 0.251 e. The second kappa shape index (κ2) is 6.77. The van der Waals surface area contributed by atoms with Crippen LogP contribution >= 0.6 is 22.9 Å². The maximum atomic E-state index is 12.0. The fourth-order valence-corrected chi connectivity index (χ4v) is 3.21. The number of halogens is 1. The lowest BCUT2D eigenvalue weighted by molar-refractivity contribution is -0.111. The van der Waals surface area contributed by atoms with E-state index in [1.165, 1.54) is 17.4 Å². The quantitative estimate of drug-likeness (QED) is 0.835. The van der Waals surface area contributed by atoms with Gasteiger partial charge >= 0.3 is 0 Å². The lowest BCUT2D eigenvalue weighted by atomic mass is 10.1. The molecule has 2 rings (SSSR count). The van der Waals surface area contributed by atoms with Gasteiger partial charge in [0.05, 0.1) is 5.56 Å². The van der Waals surface area contributed by atoms with Crippen molar-refractivity contribution in [2.45, 2.75) is 13.8 Å². The number of hydrogen-bond acceptors (Lipinski definition) is 3. The van der Waals surface area contributed by atoms with Gasteiger partial charge in [0.25, 0.3) is 5.91 Å². The van der Waals surface area contributed by atoms with Crippen molar-refractivity contribution in [3.63, 3.8) is 0 Å². The Hall–Kier alpha value is -2.11. The van der Waals surface area contributed by atoms with Crippen LogP contribution < -0.4 is 11.1 Å². The molecule has 0 unspecified atom stereocenters. The molecular weight excluding hydrogens is 320 g/mol. The Bertz CT molecular complexity index is 766. The SMILES string of the molecule is Cc1sc(NC(=O)/C=C/c2ccccc2Cl)c(C(N)=O)c1C. The highest BCUT2D eigenvalue weighted by Gasteiger charge is 2.18. The highest BCUT2D eigenvalue weighted by Crippen LogP contribution is 2.32. The topological polar surface area (TPSA) is 72.2 Å². The maximum absolute atomic E-state index is 12.0. The van der Waals surface area contributed by atoms with E-state index in [-0.39, 0.29) is 5.91 Å². The molecule has 0 saturated heterocycles. The molecule has 0 aliphatic carbocycles. The summed E-state index contributed by atoms with van der Waals surface area (Å²) in [6.45, 7) is 3.68. The summed E-state index contributed by atoms with van der Waals surface area (Å²) in [6.07, 6.45) is 2.99. The summed E-state index contributed by atoms with van der Waals surface area (Å²) in [5.74, 6) is -0.893. The molecule has 1 aromatic heterocycles. The molecule has 0 atom stereocenters. The van der Waals surface area contributed by atoms with E-state index in [0.717, 1.165) is 16.0 Å². The van der Waals surface area contributed by atoms with Gasteiger partial charge in [0.15, 0.2) is 0 Å². The van der Waals surface area contributed by atoms with Crippen LogP contribution in [-0.4, -0.2) is 11.8 Å². The molecule has 114 valence electrons. The fraction of sp³-hybridized carbons (Fsp3) is 0.125. The van der Waals surface area contributed by atoms with E-state index in [2.05, 4.69) is 5.32 Å².